The van der Waals surface area contributed by atoms with Crippen LogP contribution >= 0.6 is 0 Å². The summed E-state index contributed by atoms with van der Waals surface area (Å²) in [6.07, 6.45) is 0.319. The molecule has 1 amide bonds. The summed E-state index contributed by atoms with van der Waals surface area (Å²) >= 11 is 0. The number of hydrogen-bond acceptors (Lipinski definition) is 3. The number of likely N-dealkylation sites (N-methyl/N-ethyl adjacent to an activating group) is 1. The summed E-state index contributed by atoms with van der Waals surface area (Å²) in [5, 5.41) is 8.97. The Balaban J connectivity index is 2.41. The Labute approximate surface area is 106 Å². The zero-order chi connectivity index (χ0) is 13.5. The van der Waals surface area contributed by atoms with Gasteiger partial charge < -0.3 is 4.90 Å². The van der Waals surface area contributed by atoms with Crippen molar-refractivity contribution in [3.05, 3.63) is 29.3 Å². The molecule has 18 heavy (non-hydrogen) atoms. The van der Waals surface area contributed by atoms with Crippen molar-refractivity contribution in [1.82, 2.24) is 0 Å². The summed E-state index contributed by atoms with van der Waals surface area (Å²) in [4.78, 5) is 25.3. The number of fused-ring (bicyclic) bond motifs is 1. The van der Waals surface area contributed by atoms with Crippen LogP contribution in [0.5, 0.6) is 0 Å². The highest BCUT2D eigenvalue weighted by atomic mass is 16.2. The van der Waals surface area contributed by atoms with Crippen molar-refractivity contribution in [3.63, 3.8) is 0 Å². The molecular formula is C14H14N2O2. The number of hydrogen-bond donors (Lipinski definition) is 0. The molecule has 2 rings (SSSR count). The summed E-state index contributed by atoms with van der Waals surface area (Å²) in [5.41, 5.74) is 1.14. The number of Topliss-reactive ketones (excluding diaryl/α,β-unsaturated/α-hetero) is 1. The molecule has 0 spiro atoms. The van der Waals surface area contributed by atoms with Crippen molar-refractivity contribution in [3.8, 4) is 6.07 Å². The van der Waals surface area contributed by atoms with Gasteiger partial charge in [0.1, 0.15) is 5.41 Å². The van der Waals surface area contributed by atoms with Gasteiger partial charge in [-0.3, -0.25) is 9.59 Å². The first kappa shape index (κ1) is 12.3. The topological polar surface area (TPSA) is 61.2 Å². The Hall–Kier alpha value is -2.15. The molecular weight excluding hydrogens is 228 g/mol. The molecule has 4 nitrogen and oxygen atoms in total. The summed E-state index contributed by atoms with van der Waals surface area (Å²) in [6, 6.07) is 7.16. The first-order valence-corrected chi connectivity index (χ1v) is 5.72. The molecule has 1 aromatic rings. The van der Waals surface area contributed by atoms with Crippen LogP contribution in [-0.4, -0.2) is 18.7 Å². The van der Waals surface area contributed by atoms with E-state index < -0.39 is 5.41 Å². The van der Waals surface area contributed by atoms with E-state index in [-0.39, 0.29) is 11.7 Å². The van der Waals surface area contributed by atoms with Crippen LogP contribution in [-0.2, 0) is 11.2 Å². The largest absolute Gasteiger partial charge is 0.315 e. The van der Waals surface area contributed by atoms with E-state index in [0.29, 0.717) is 12.0 Å². The third-order valence-corrected chi connectivity index (χ3v) is 3.27. The fourth-order valence-corrected chi connectivity index (χ4v) is 2.02. The van der Waals surface area contributed by atoms with Crippen molar-refractivity contribution < 1.29 is 9.59 Å². The third-order valence-electron chi connectivity index (χ3n) is 3.27. The van der Waals surface area contributed by atoms with Crippen LogP contribution in [0.3, 0.4) is 0 Å². The van der Waals surface area contributed by atoms with Crippen LogP contribution in [0.25, 0.3) is 0 Å². The molecule has 1 aliphatic heterocycles. The number of nitriles is 1. The molecule has 0 unspecified atom stereocenters. The van der Waals surface area contributed by atoms with E-state index in [9.17, 15) is 9.59 Å². The number of carbonyl (C=O) groups excluding carboxylic acids is 2. The lowest BCUT2D eigenvalue weighted by Gasteiger charge is -2.15. The fraction of sp³-hybridized carbons (Fsp3) is 0.357. The van der Waals surface area contributed by atoms with Gasteiger partial charge in [0.25, 0.3) is 0 Å². The van der Waals surface area contributed by atoms with Gasteiger partial charge >= 0.3 is 0 Å². The highest BCUT2D eigenvalue weighted by Crippen LogP contribution is 2.30. The minimum absolute atomic E-state index is 0.0224. The predicted molar refractivity (Wildman–Crippen MR) is 67.3 cm³/mol. The lowest BCUT2D eigenvalue weighted by molar-refractivity contribution is -0.117. The Morgan fingerprint density at radius 3 is 2.72 bits per heavy atom. The molecule has 0 atom stereocenters. The van der Waals surface area contributed by atoms with Crippen molar-refractivity contribution >= 4 is 17.4 Å². The van der Waals surface area contributed by atoms with Gasteiger partial charge in [0.05, 0.1) is 12.5 Å². The van der Waals surface area contributed by atoms with Crippen molar-refractivity contribution in [2.75, 3.05) is 11.9 Å². The van der Waals surface area contributed by atoms with Gasteiger partial charge in [0, 0.05) is 18.3 Å². The van der Waals surface area contributed by atoms with E-state index in [1.165, 1.54) is 0 Å². The highest BCUT2D eigenvalue weighted by Gasteiger charge is 2.30. The van der Waals surface area contributed by atoms with Crippen molar-refractivity contribution in [2.45, 2.75) is 20.3 Å². The second-order valence-corrected chi connectivity index (χ2v) is 5.04. The number of anilines is 1. The Bertz CT molecular complexity index is 582. The van der Waals surface area contributed by atoms with E-state index in [2.05, 4.69) is 0 Å². The number of nitrogens with zero attached hydrogens (tertiary/aromatic N) is 2. The van der Waals surface area contributed by atoms with E-state index in [1.807, 2.05) is 6.07 Å². The molecule has 0 N–H and O–H groups in total. The van der Waals surface area contributed by atoms with Gasteiger partial charge in [-0.2, -0.15) is 5.26 Å². The standard InChI is InChI=1S/C14H14N2O2/c1-14(2,8-15)13(18)9-4-5-11-10(6-9)7-12(17)16(11)3/h4-6H,7H2,1-3H3. The van der Waals surface area contributed by atoms with Crippen LogP contribution < -0.4 is 4.90 Å². The quantitative estimate of drug-likeness (QED) is 0.744. The molecule has 0 saturated carbocycles. The zero-order valence-electron chi connectivity index (χ0n) is 10.7. The van der Waals surface area contributed by atoms with Crippen molar-refractivity contribution in [1.29, 1.82) is 5.26 Å². The molecule has 0 saturated heterocycles. The Kier molecular flexibility index (Phi) is 2.70. The molecule has 1 aromatic carbocycles. The average molecular weight is 242 g/mol. The van der Waals surface area contributed by atoms with E-state index in [4.69, 9.17) is 5.26 Å². The second kappa shape index (κ2) is 3.95. The maximum absolute atomic E-state index is 12.1. The normalized spacial score (nSPS) is 14.3. The fourth-order valence-electron chi connectivity index (χ4n) is 2.02. The molecule has 0 radical (unpaired) electrons. The molecule has 92 valence electrons. The molecule has 0 aliphatic carbocycles. The Morgan fingerprint density at radius 2 is 2.11 bits per heavy atom. The van der Waals surface area contributed by atoms with E-state index in [1.54, 1.807) is 44.0 Å². The number of carbonyl (C=O) groups is 2. The number of amides is 1. The summed E-state index contributed by atoms with van der Waals surface area (Å²) in [5.74, 6) is -0.191. The lowest BCUT2D eigenvalue weighted by atomic mass is 9.85. The zero-order valence-corrected chi connectivity index (χ0v) is 10.7. The van der Waals surface area contributed by atoms with Crippen LogP contribution in [0, 0.1) is 16.7 Å². The van der Waals surface area contributed by atoms with E-state index >= 15 is 0 Å². The molecule has 0 fully saturated rings. The molecule has 0 bridgehead atoms. The minimum Gasteiger partial charge on any atom is -0.315 e. The maximum Gasteiger partial charge on any atom is 0.231 e. The Morgan fingerprint density at radius 1 is 1.44 bits per heavy atom. The number of ketones is 1. The van der Waals surface area contributed by atoms with Crippen LogP contribution in [0.15, 0.2) is 18.2 Å². The lowest BCUT2D eigenvalue weighted by Crippen LogP contribution is -2.22. The molecule has 1 heterocycles. The maximum atomic E-state index is 12.1. The van der Waals surface area contributed by atoms with E-state index in [0.717, 1.165) is 11.3 Å². The van der Waals surface area contributed by atoms with Gasteiger partial charge in [0.15, 0.2) is 5.78 Å². The summed E-state index contributed by atoms with van der Waals surface area (Å²) in [6.45, 7) is 3.19. The van der Waals surface area contributed by atoms with Crippen LogP contribution in [0.1, 0.15) is 29.8 Å². The highest BCUT2D eigenvalue weighted by molar-refractivity contribution is 6.05. The number of rotatable bonds is 2. The molecule has 4 heteroatoms. The van der Waals surface area contributed by atoms with Crippen LogP contribution in [0.4, 0.5) is 5.69 Å². The van der Waals surface area contributed by atoms with Crippen LogP contribution in [0.2, 0.25) is 0 Å². The monoisotopic (exact) mass is 242 g/mol. The third kappa shape index (κ3) is 1.78. The van der Waals surface area contributed by atoms with Crippen molar-refractivity contribution in [2.24, 2.45) is 5.41 Å². The first-order chi connectivity index (χ1) is 8.36. The predicted octanol–water partition coefficient (Wildman–Crippen LogP) is 1.94. The van der Waals surface area contributed by atoms with Gasteiger partial charge in [-0.1, -0.05) is 0 Å². The summed E-state index contributed by atoms with van der Waals surface area (Å²) < 4.78 is 0. The van der Waals surface area contributed by atoms with Gasteiger partial charge in [0.2, 0.25) is 5.91 Å². The summed E-state index contributed by atoms with van der Waals surface area (Å²) in [7, 11) is 1.72. The van der Waals surface area contributed by atoms with Gasteiger partial charge in [-0.25, -0.2) is 0 Å². The van der Waals surface area contributed by atoms with Gasteiger partial charge in [-0.15, -0.1) is 0 Å². The SMILES string of the molecule is CN1C(=O)Cc2cc(C(=O)C(C)(C)C#N)ccc21. The minimum atomic E-state index is -1.04. The first-order valence-electron chi connectivity index (χ1n) is 5.72. The molecule has 0 aromatic heterocycles. The number of benzene rings is 1. The smallest absolute Gasteiger partial charge is 0.231 e. The van der Waals surface area contributed by atoms with Gasteiger partial charge in [-0.05, 0) is 37.6 Å². The average Bonchev–Trinajstić information content (AvgIpc) is 2.63. The second-order valence-electron chi connectivity index (χ2n) is 5.04. The molecule has 1 aliphatic rings.